The topological polar surface area (TPSA) is 80.3 Å². The molecule has 0 heterocycles. The van der Waals surface area contributed by atoms with Crippen LogP contribution in [0.4, 0.5) is 5.69 Å². The highest BCUT2D eigenvalue weighted by Crippen LogP contribution is 2.26. The van der Waals surface area contributed by atoms with E-state index in [4.69, 9.17) is 23.2 Å². The minimum absolute atomic E-state index is 0.0264. The van der Waals surface area contributed by atoms with Crippen LogP contribution in [-0.4, -0.2) is 22.6 Å². The summed E-state index contributed by atoms with van der Waals surface area (Å²) >= 11 is 11.6. The highest BCUT2D eigenvalue weighted by atomic mass is 35.5. The Labute approximate surface area is 145 Å². The van der Waals surface area contributed by atoms with Gasteiger partial charge in [-0.2, -0.15) is 0 Å². The van der Waals surface area contributed by atoms with E-state index < -0.39 is 19.9 Å². The van der Waals surface area contributed by atoms with Crippen molar-refractivity contribution in [1.29, 1.82) is 0 Å². The first-order chi connectivity index (χ1) is 10.7. The van der Waals surface area contributed by atoms with Crippen molar-refractivity contribution in [3.63, 3.8) is 0 Å². The number of hydrogen-bond donors (Lipinski definition) is 1. The van der Waals surface area contributed by atoms with Crippen molar-refractivity contribution >= 4 is 48.7 Å². The zero-order valence-corrected chi connectivity index (χ0v) is 15.1. The Morgan fingerprint density at radius 2 is 1.43 bits per heavy atom. The maximum atomic E-state index is 12.3. The number of halogens is 2. The second-order valence-electron chi connectivity index (χ2n) is 4.61. The number of nitrogens with one attached hydrogen (secondary N) is 1. The van der Waals surface area contributed by atoms with Crippen LogP contribution in [0.25, 0.3) is 0 Å². The molecule has 0 spiro atoms. The molecule has 0 aliphatic heterocycles. The molecule has 0 saturated carbocycles. The van der Waals surface area contributed by atoms with Gasteiger partial charge in [0.15, 0.2) is 9.84 Å². The Bertz CT molecular complexity index is 924. The van der Waals surface area contributed by atoms with Gasteiger partial charge in [-0.05, 0) is 42.5 Å². The van der Waals surface area contributed by atoms with Crippen LogP contribution in [0.2, 0.25) is 10.0 Å². The molecule has 0 aromatic heterocycles. The van der Waals surface area contributed by atoms with Crippen LogP contribution < -0.4 is 4.72 Å². The van der Waals surface area contributed by atoms with Crippen LogP contribution in [0.1, 0.15) is 6.92 Å². The fourth-order valence-corrected chi connectivity index (χ4v) is 4.09. The normalized spacial score (nSPS) is 12.1. The van der Waals surface area contributed by atoms with Gasteiger partial charge in [-0.3, -0.25) is 4.72 Å². The van der Waals surface area contributed by atoms with Crippen LogP contribution in [0.15, 0.2) is 52.3 Å². The van der Waals surface area contributed by atoms with Crippen molar-refractivity contribution in [3.05, 3.63) is 52.5 Å². The summed E-state index contributed by atoms with van der Waals surface area (Å²) in [6, 6.07) is 9.43. The summed E-state index contributed by atoms with van der Waals surface area (Å²) in [6.07, 6.45) is 0. The lowest BCUT2D eigenvalue weighted by Crippen LogP contribution is -2.13. The van der Waals surface area contributed by atoms with E-state index in [1.54, 1.807) is 0 Å². The molecular weight excluding hydrogens is 381 g/mol. The number of rotatable bonds is 5. The summed E-state index contributed by atoms with van der Waals surface area (Å²) in [5.41, 5.74) is 0.242. The average molecular weight is 394 g/mol. The Morgan fingerprint density at radius 3 is 1.96 bits per heavy atom. The van der Waals surface area contributed by atoms with Crippen molar-refractivity contribution < 1.29 is 16.8 Å². The van der Waals surface area contributed by atoms with Crippen LogP contribution in [0.3, 0.4) is 0 Å². The zero-order chi connectivity index (χ0) is 17.3. The molecule has 0 bridgehead atoms. The predicted molar refractivity (Wildman–Crippen MR) is 91.4 cm³/mol. The van der Waals surface area contributed by atoms with Gasteiger partial charge in [0.25, 0.3) is 10.0 Å². The molecule has 0 unspecified atom stereocenters. The van der Waals surface area contributed by atoms with Crippen LogP contribution >= 0.6 is 23.2 Å². The van der Waals surface area contributed by atoms with Crippen LogP contribution in [0.5, 0.6) is 0 Å². The molecule has 124 valence electrons. The fraction of sp³-hybridized carbons (Fsp3) is 0.143. The molecule has 23 heavy (non-hydrogen) atoms. The number of hydrogen-bond acceptors (Lipinski definition) is 4. The SMILES string of the molecule is CCS(=O)(=O)c1ccc(NS(=O)(=O)c2ccc(Cl)c(Cl)c2)cc1. The molecule has 0 atom stereocenters. The Morgan fingerprint density at radius 1 is 0.870 bits per heavy atom. The lowest BCUT2D eigenvalue weighted by molar-refractivity contribution is 0.597. The molecule has 0 amide bonds. The van der Waals surface area contributed by atoms with E-state index >= 15 is 0 Å². The van der Waals surface area contributed by atoms with E-state index in [0.29, 0.717) is 0 Å². The van der Waals surface area contributed by atoms with Gasteiger partial charge >= 0.3 is 0 Å². The van der Waals surface area contributed by atoms with Gasteiger partial charge in [0, 0.05) is 5.69 Å². The van der Waals surface area contributed by atoms with Gasteiger partial charge in [0.05, 0.1) is 25.6 Å². The minimum atomic E-state index is -3.85. The number of anilines is 1. The van der Waals surface area contributed by atoms with Gasteiger partial charge in [-0.1, -0.05) is 30.1 Å². The third-order valence-corrected chi connectivity index (χ3v) is 6.92. The van der Waals surface area contributed by atoms with Crippen molar-refractivity contribution in [2.24, 2.45) is 0 Å². The van der Waals surface area contributed by atoms with Gasteiger partial charge < -0.3 is 0 Å². The van der Waals surface area contributed by atoms with Crippen molar-refractivity contribution in [1.82, 2.24) is 0 Å². The highest BCUT2D eigenvalue weighted by molar-refractivity contribution is 7.92. The molecule has 5 nitrogen and oxygen atoms in total. The standard InChI is InChI=1S/C14H13Cl2NO4S2/c1-2-22(18,19)11-5-3-10(4-6-11)17-23(20,21)12-7-8-13(15)14(16)9-12/h3-9,17H,2H2,1H3. The molecule has 0 aliphatic carbocycles. The average Bonchev–Trinajstić information content (AvgIpc) is 2.50. The van der Waals surface area contributed by atoms with E-state index in [0.717, 1.165) is 0 Å². The zero-order valence-electron chi connectivity index (χ0n) is 12.0. The lowest BCUT2D eigenvalue weighted by atomic mass is 10.3. The number of benzene rings is 2. The Kier molecular flexibility index (Phi) is 5.25. The molecule has 0 aliphatic rings. The van der Waals surface area contributed by atoms with Crippen molar-refractivity contribution in [3.8, 4) is 0 Å². The maximum absolute atomic E-state index is 12.3. The molecule has 2 rings (SSSR count). The summed E-state index contributed by atoms with van der Waals surface area (Å²) in [5.74, 6) is -0.0264. The minimum Gasteiger partial charge on any atom is -0.280 e. The molecule has 2 aromatic carbocycles. The van der Waals surface area contributed by atoms with E-state index in [1.807, 2.05) is 0 Å². The molecule has 2 aromatic rings. The van der Waals surface area contributed by atoms with E-state index in [1.165, 1.54) is 49.4 Å². The van der Waals surface area contributed by atoms with Gasteiger partial charge in [-0.25, -0.2) is 16.8 Å². The molecule has 0 saturated heterocycles. The van der Waals surface area contributed by atoms with E-state index in [-0.39, 0.29) is 31.3 Å². The summed E-state index contributed by atoms with van der Waals surface area (Å²) in [7, 11) is -7.18. The largest absolute Gasteiger partial charge is 0.280 e. The number of sulfone groups is 1. The first-order valence-corrected chi connectivity index (χ1v) is 10.4. The molecule has 1 N–H and O–H groups in total. The molecule has 0 radical (unpaired) electrons. The highest BCUT2D eigenvalue weighted by Gasteiger charge is 2.17. The second-order valence-corrected chi connectivity index (χ2v) is 9.38. The van der Waals surface area contributed by atoms with Crippen molar-refractivity contribution in [2.75, 3.05) is 10.5 Å². The summed E-state index contributed by atoms with van der Waals surface area (Å²) in [5, 5.41) is 0.374. The van der Waals surface area contributed by atoms with Crippen LogP contribution in [-0.2, 0) is 19.9 Å². The monoisotopic (exact) mass is 393 g/mol. The fourth-order valence-electron chi connectivity index (χ4n) is 1.76. The summed E-state index contributed by atoms with van der Waals surface area (Å²) in [6.45, 7) is 1.54. The quantitative estimate of drug-likeness (QED) is 0.841. The Hall–Kier alpha value is -1.28. The first-order valence-electron chi connectivity index (χ1n) is 6.46. The molecular formula is C14H13Cl2NO4S2. The smallest absolute Gasteiger partial charge is 0.261 e. The van der Waals surface area contributed by atoms with E-state index in [9.17, 15) is 16.8 Å². The van der Waals surface area contributed by atoms with Gasteiger partial charge in [0.2, 0.25) is 0 Å². The first kappa shape index (κ1) is 18.1. The number of sulfonamides is 1. The van der Waals surface area contributed by atoms with Gasteiger partial charge in [-0.15, -0.1) is 0 Å². The van der Waals surface area contributed by atoms with Crippen molar-refractivity contribution in [2.45, 2.75) is 16.7 Å². The third kappa shape index (κ3) is 4.17. The van der Waals surface area contributed by atoms with E-state index in [2.05, 4.69) is 4.72 Å². The van der Waals surface area contributed by atoms with Crippen LogP contribution in [0, 0.1) is 0 Å². The predicted octanol–water partition coefficient (Wildman–Crippen LogP) is 3.59. The lowest BCUT2D eigenvalue weighted by Gasteiger charge is -2.09. The maximum Gasteiger partial charge on any atom is 0.261 e. The molecule has 0 fully saturated rings. The van der Waals surface area contributed by atoms with Gasteiger partial charge in [0.1, 0.15) is 0 Å². The Balaban J connectivity index is 2.29. The summed E-state index contributed by atoms with van der Waals surface area (Å²) in [4.78, 5) is 0.0923. The molecule has 9 heteroatoms. The summed E-state index contributed by atoms with van der Waals surface area (Å²) < 4.78 is 50.3. The second kappa shape index (κ2) is 6.68. The third-order valence-electron chi connectivity index (χ3n) is 3.05.